The van der Waals surface area contributed by atoms with E-state index in [-0.39, 0.29) is 11.4 Å². The second-order valence-electron chi connectivity index (χ2n) is 5.65. The van der Waals surface area contributed by atoms with E-state index in [1.165, 1.54) is 12.1 Å². The van der Waals surface area contributed by atoms with Crippen molar-refractivity contribution in [2.45, 2.75) is 11.1 Å². The fraction of sp³-hybridized carbons (Fsp3) is 0.0667. The zero-order valence-electron chi connectivity index (χ0n) is 14.0. The molecule has 3 N–H and O–H groups in total. The first-order chi connectivity index (χ1) is 13.5. The fourth-order valence-electron chi connectivity index (χ4n) is 2.44. The van der Waals surface area contributed by atoms with E-state index in [1.54, 1.807) is 0 Å². The monoisotopic (exact) mass is 429 g/mol. The van der Waals surface area contributed by atoms with Gasteiger partial charge in [0.15, 0.2) is 10.7 Å². The second-order valence-corrected chi connectivity index (χ2v) is 7.30. The Bertz CT molecular complexity index is 1250. The smallest absolute Gasteiger partial charge is 0.289 e. The Morgan fingerprint density at radius 1 is 1.14 bits per heavy atom. The maximum Gasteiger partial charge on any atom is 0.416 e. The highest BCUT2D eigenvalue weighted by Gasteiger charge is 2.32. The lowest BCUT2D eigenvalue weighted by atomic mass is 10.1. The number of nitrogens with zero attached hydrogens (tertiary/aromatic N) is 2. The fourth-order valence-corrected chi connectivity index (χ4v) is 3.65. The van der Waals surface area contributed by atoms with Crippen molar-refractivity contribution in [3.05, 3.63) is 68.6 Å². The van der Waals surface area contributed by atoms with Crippen molar-refractivity contribution in [1.29, 1.82) is 0 Å². The van der Waals surface area contributed by atoms with Gasteiger partial charge in [-0.05, 0) is 24.3 Å². The van der Waals surface area contributed by atoms with Gasteiger partial charge in [0.2, 0.25) is 0 Å². The first kappa shape index (κ1) is 20.1. The number of hydrogen-bond acceptors (Lipinski definition) is 6. The van der Waals surface area contributed by atoms with Gasteiger partial charge in [0.25, 0.3) is 15.7 Å². The molecule has 2 aromatic carbocycles. The first-order valence-corrected chi connectivity index (χ1v) is 9.09. The minimum atomic E-state index is -4.84. The van der Waals surface area contributed by atoms with E-state index in [1.807, 2.05) is 9.82 Å². The van der Waals surface area contributed by atoms with Crippen LogP contribution in [-0.2, 0) is 16.2 Å². The van der Waals surface area contributed by atoms with Crippen LogP contribution in [0.2, 0.25) is 0 Å². The number of benzene rings is 2. The Morgan fingerprint density at radius 3 is 2.41 bits per heavy atom. The van der Waals surface area contributed by atoms with E-state index >= 15 is 0 Å². The van der Waals surface area contributed by atoms with Crippen LogP contribution in [0.3, 0.4) is 0 Å². The number of aromatic nitrogens is 3. The van der Waals surface area contributed by atoms with Gasteiger partial charge in [-0.2, -0.15) is 18.3 Å². The molecule has 0 saturated carbocycles. The molecule has 0 amide bonds. The van der Waals surface area contributed by atoms with Crippen molar-refractivity contribution in [1.82, 2.24) is 15.2 Å². The summed E-state index contributed by atoms with van der Waals surface area (Å²) in [4.78, 5) is 22.7. The molecule has 29 heavy (non-hydrogen) atoms. The standard InChI is InChI=1S/C15H10F3N5O5S/c16-15(17,18)9-5-8(13-19-14(24)21-20-13)6-10(7-9)22-29(27,28)12-4-2-1-3-11(12)23(25)26/h1-7,22H,(H2,19,20,21,24). The maximum atomic E-state index is 13.2. The average molecular weight is 429 g/mol. The molecule has 0 radical (unpaired) electrons. The summed E-state index contributed by atoms with van der Waals surface area (Å²) in [6.45, 7) is 0. The van der Waals surface area contributed by atoms with Crippen LogP contribution in [0.5, 0.6) is 0 Å². The summed E-state index contributed by atoms with van der Waals surface area (Å²) in [5.74, 6) is -0.257. The second kappa shape index (κ2) is 7.05. The van der Waals surface area contributed by atoms with Crippen LogP contribution in [0, 0.1) is 10.1 Å². The van der Waals surface area contributed by atoms with E-state index in [0.717, 1.165) is 18.2 Å². The molecule has 1 heterocycles. The van der Waals surface area contributed by atoms with E-state index in [4.69, 9.17) is 0 Å². The Morgan fingerprint density at radius 2 is 1.83 bits per heavy atom. The molecule has 1 aromatic heterocycles. The van der Waals surface area contributed by atoms with Crippen LogP contribution < -0.4 is 10.4 Å². The number of anilines is 1. The number of rotatable bonds is 5. The number of nitrogens with one attached hydrogen (secondary N) is 3. The molecule has 0 unspecified atom stereocenters. The molecule has 14 heteroatoms. The van der Waals surface area contributed by atoms with Gasteiger partial charge in [0.1, 0.15) is 0 Å². The molecular weight excluding hydrogens is 419 g/mol. The molecular formula is C15H10F3N5O5S. The van der Waals surface area contributed by atoms with Crippen molar-refractivity contribution in [2.75, 3.05) is 4.72 Å². The number of nitro groups is 1. The highest BCUT2D eigenvalue weighted by molar-refractivity contribution is 7.92. The van der Waals surface area contributed by atoms with Crippen LogP contribution >= 0.6 is 0 Å². The highest BCUT2D eigenvalue weighted by Crippen LogP contribution is 2.35. The zero-order chi connectivity index (χ0) is 21.4. The molecule has 0 spiro atoms. The van der Waals surface area contributed by atoms with Gasteiger partial charge in [0, 0.05) is 11.6 Å². The summed E-state index contributed by atoms with van der Waals surface area (Å²) >= 11 is 0. The van der Waals surface area contributed by atoms with Gasteiger partial charge < -0.3 is 0 Å². The third-order valence-electron chi connectivity index (χ3n) is 3.64. The number of hydrogen-bond donors (Lipinski definition) is 3. The van der Waals surface area contributed by atoms with Crippen molar-refractivity contribution in [2.24, 2.45) is 0 Å². The van der Waals surface area contributed by atoms with E-state index < -0.39 is 48.6 Å². The molecule has 0 aliphatic heterocycles. The number of halogens is 3. The number of H-pyrrole nitrogens is 2. The zero-order valence-corrected chi connectivity index (χ0v) is 14.8. The average Bonchev–Trinajstić information content (AvgIpc) is 3.07. The highest BCUT2D eigenvalue weighted by atomic mass is 32.2. The van der Waals surface area contributed by atoms with Gasteiger partial charge >= 0.3 is 11.9 Å². The number of sulfonamides is 1. The van der Waals surface area contributed by atoms with Gasteiger partial charge in [-0.15, -0.1) is 0 Å². The predicted molar refractivity (Wildman–Crippen MR) is 93.6 cm³/mol. The molecule has 0 aliphatic carbocycles. The molecule has 0 saturated heterocycles. The van der Waals surface area contributed by atoms with Crippen LogP contribution in [0.25, 0.3) is 11.4 Å². The minimum absolute atomic E-state index is 0.238. The van der Waals surface area contributed by atoms with Gasteiger partial charge in [-0.25, -0.2) is 18.3 Å². The first-order valence-electron chi connectivity index (χ1n) is 7.61. The Kier molecular flexibility index (Phi) is 4.88. The lowest BCUT2D eigenvalue weighted by Gasteiger charge is -2.13. The largest absolute Gasteiger partial charge is 0.416 e. The van der Waals surface area contributed by atoms with Gasteiger partial charge in [0.05, 0.1) is 16.2 Å². The van der Waals surface area contributed by atoms with Crippen LogP contribution in [0.1, 0.15) is 5.56 Å². The predicted octanol–water partition coefficient (Wildman–Crippen LogP) is 2.49. The summed E-state index contributed by atoms with van der Waals surface area (Å²) in [7, 11) is -4.60. The van der Waals surface area contributed by atoms with Crippen LogP contribution in [-0.4, -0.2) is 28.5 Å². The number of aromatic amines is 2. The molecule has 0 fully saturated rings. The van der Waals surface area contributed by atoms with Crippen molar-refractivity contribution in [3.63, 3.8) is 0 Å². The molecule has 0 atom stereocenters. The number of nitro benzene ring substituents is 1. The van der Waals surface area contributed by atoms with Crippen molar-refractivity contribution < 1.29 is 26.5 Å². The molecule has 3 rings (SSSR count). The molecule has 0 aliphatic rings. The SMILES string of the molecule is O=c1[nH]nc(-c2cc(NS(=O)(=O)c3ccccc3[N+](=O)[O-])cc(C(F)(F)F)c2)[nH]1. The quantitative estimate of drug-likeness (QED) is 0.419. The summed E-state index contributed by atoms with van der Waals surface area (Å²) in [6, 6.07) is 6.53. The molecule has 3 aromatic rings. The molecule has 152 valence electrons. The van der Waals surface area contributed by atoms with Crippen LogP contribution in [0.15, 0.2) is 52.2 Å². The minimum Gasteiger partial charge on any atom is -0.289 e. The summed E-state index contributed by atoms with van der Waals surface area (Å²) < 4.78 is 66.7. The maximum absolute atomic E-state index is 13.2. The van der Waals surface area contributed by atoms with E-state index in [9.17, 15) is 36.5 Å². The van der Waals surface area contributed by atoms with Crippen molar-refractivity contribution >= 4 is 21.4 Å². The summed E-state index contributed by atoms with van der Waals surface area (Å²) in [5.41, 5.74) is -3.52. The van der Waals surface area contributed by atoms with Crippen LogP contribution in [0.4, 0.5) is 24.5 Å². The lowest BCUT2D eigenvalue weighted by molar-refractivity contribution is -0.387. The van der Waals surface area contributed by atoms with Crippen molar-refractivity contribution in [3.8, 4) is 11.4 Å². The summed E-state index contributed by atoms with van der Waals surface area (Å²) in [6.07, 6.45) is -4.84. The van der Waals surface area contributed by atoms with E-state index in [2.05, 4.69) is 10.1 Å². The number of para-hydroxylation sites is 1. The van der Waals surface area contributed by atoms with Gasteiger partial charge in [-0.1, -0.05) is 12.1 Å². The summed E-state index contributed by atoms with van der Waals surface area (Å²) in [5, 5.41) is 16.6. The topological polar surface area (TPSA) is 151 Å². The van der Waals surface area contributed by atoms with Gasteiger partial charge in [-0.3, -0.25) is 19.8 Å². The molecule has 10 nitrogen and oxygen atoms in total. The van der Waals surface area contributed by atoms with E-state index in [0.29, 0.717) is 12.1 Å². The third-order valence-corrected chi connectivity index (χ3v) is 5.07. The Hall–Kier alpha value is -3.68. The third kappa shape index (κ3) is 4.26. The normalized spacial score (nSPS) is 12.0. The Balaban J connectivity index is 2.11. The lowest BCUT2D eigenvalue weighted by Crippen LogP contribution is -2.16. The number of alkyl halides is 3. The molecule has 0 bridgehead atoms. The Labute approximate surface area is 159 Å².